The third-order valence-corrected chi connectivity index (χ3v) is 3.79. The van der Waals surface area contributed by atoms with Crippen LogP contribution in [0, 0.1) is 18.8 Å². The molecule has 0 bridgehead atoms. The summed E-state index contributed by atoms with van der Waals surface area (Å²) in [6, 6.07) is 8.34. The molecule has 1 heterocycles. The topological polar surface area (TPSA) is 32.3 Å². The van der Waals surface area contributed by atoms with Crippen LogP contribution >= 0.6 is 0 Å². The lowest BCUT2D eigenvalue weighted by atomic mass is 9.88. The summed E-state index contributed by atoms with van der Waals surface area (Å²) in [6.07, 6.45) is 0. The Labute approximate surface area is 109 Å². The van der Waals surface area contributed by atoms with Gasteiger partial charge in [0.2, 0.25) is 5.91 Å². The molecule has 0 saturated carbocycles. The van der Waals surface area contributed by atoms with Gasteiger partial charge in [-0.2, -0.15) is 0 Å². The molecule has 98 valence electrons. The van der Waals surface area contributed by atoms with Crippen molar-refractivity contribution in [1.29, 1.82) is 0 Å². The maximum Gasteiger partial charge on any atom is 0.225 e. The molecule has 0 aromatic heterocycles. The molecule has 0 spiro atoms. The fraction of sp³-hybridized carbons (Fsp3) is 0.533. The molecule has 1 aliphatic heterocycles. The van der Waals surface area contributed by atoms with E-state index in [9.17, 15) is 4.79 Å². The Balaban J connectivity index is 1.94. The summed E-state index contributed by atoms with van der Waals surface area (Å²) in [4.78, 5) is 14.1. The monoisotopic (exact) mass is 246 g/mol. The Hall–Kier alpha value is -1.35. The Morgan fingerprint density at radius 2 is 2.22 bits per heavy atom. The second kappa shape index (κ2) is 5.53. The SMILES string of the molecule is Cc1cccc(CN(C)C(=O)C(C)C2CNC2)c1. The average molecular weight is 246 g/mol. The second-order valence-corrected chi connectivity index (χ2v) is 5.39. The van der Waals surface area contributed by atoms with Gasteiger partial charge in [-0.25, -0.2) is 0 Å². The molecule has 1 fully saturated rings. The number of amides is 1. The largest absolute Gasteiger partial charge is 0.341 e. The van der Waals surface area contributed by atoms with Crippen molar-refractivity contribution in [3.63, 3.8) is 0 Å². The van der Waals surface area contributed by atoms with Crippen molar-refractivity contribution in [1.82, 2.24) is 10.2 Å². The van der Waals surface area contributed by atoms with E-state index in [1.165, 1.54) is 11.1 Å². The van der Waals surface area contributed by atoms with Gasteiger partial charge in [0.05, 0.1) is 0 Å². The number of aryl methyl sites for hydroxylation is 1. The fourth-order valence-corrected chi connectivity index (χ4v) is 2.38. The summed E-state index contributed by atoms with van der Waals surface area (Å²) in [5.41, 5.74) is 2.44. The third kappa shape index (κ3) is 2.91. The summed E-state index contributed by atoms with van der Waals surface area (Å²) < 4.78 is 0. The molecule has 0 aliphatic carbocycles. The van der Waals surface area contributed by atoms with Gasteiger partial charge in [-0.3, -0.25) is 4.79 Å². The lowest BCUT2D eigenvalue weighted by molar-refractivity contribution is -0.136. The first kappa shape index (κ1) is 13.1. The Bertz CT molecular complexity index is 426. The maximum atomic E-state index is 12.3. The third-order valence-electron chi connectivity index (χ3n) is 3.79. The quantitative estimate of drug-likeness (QED) is 0.878. The number of rotatable bonds is 4. The molecule has 1 N–H and O–H groups in total. The van der Waals surface area contributed by atoms with Crippen LogP contribution in [0.4, 0.5) is 0 Å². The molecule has 1 unspecified atom stereocenters. The Morgan fingerprint density at radius 1 is 1.50 bits per heavy atom. The zero-order chi connectivity index (χ0) is 13.1. The van der Waals surface area contributed by atoms with Gasteiger partial charge >= 0.3 is 0 Å². The van der Waals surface area contributed by atoms with Crippen molar-refractivity contribution in [2.45, 2.75) is 20.4 Å². The number of hydrogen-bond donors (Lipinski definition) is 1. The Kier molecular flexibility index (Phi) is 4.02. The highest BCUT2D eigenvalue weighted by Gasteiger charge is 2.30. The van der Waals surface area contributed by atoms with Crippen LogP contribution in [0.25, 0.3) is 0 Å². The summed E-state index contributed by atoms with van der Waals surface area (Å²) in [7, 11) is 1.90. The molecule has 1 saturated heterocycles. The van der Waals surface area contributed by atoms with Crippen LogP contribution in [0.2, 0.25) is 0 Å². The lowest BCUT2D eigenvalue weighted by Crippen LogP contribution is -2.49. The molecule has 1 aromatic rings. The van der Waals surface area contributed by atoms with Crippen molar-refractivity contribution in [3.05, 3.63) is 35.4 Å². The predicted octanol–water partition coefficient (Wildman–Crippen LogP) is 1.81. The molecule has 1 aromatic carbocycles. The summed E-state index contributed by atoms with van der Waals surface area (Å²) in [6.45, 7) is 6.77. The van der Waals surface area contributed by atoms with Crippen molar-refractivity contribution in [2.24, 2.45) is 11.8 Å². The number of carbonyl (C=O) groups is 1. The lowest BCUT2D eigenvalue weighted by Gasteiger charge is -2.34. The highest BCUT2D eigenvalue weighted by molar-refractivity contribution is 5.78. The minimum absolute atomic E-state index is 0.126. The number of benzene rings is 1. The van der Waals surface area contributed by atoms with E-state index in [1.807, 2.05) is 24.9 Å². The predicted molar refractivity (Wildman–Crippen MR) is 73.2 cm³/mol. The average Bonchev–Trinajstić information content (AvgIpc) is 2.25. The molecule has 0 radical (unpaired) electrons. The van der Waals surface area contributed by atoms with E-state index in [-0.39, 0.29) is 11.8 Å². The molecule has 1 amide bonds. The zero-order valence-corrected chi connectivity index (χ0v) is 11.4. The van der Waals surface area contributed by atoms with Crippen LogP contribution in [0.3, 0.4) is 0 Å². The summed E-state index contributed by atoms with van der Waals surface area (Å²) in [5.74, 6) is 0.890. The first-order valence-electron chi connectivity index (χ1n) is 6.59. The molecule has 3 heteroatoms. The van der Waals surface area contributed by atoms with Crippen LogP contribution in [-0.2, 0) is 11.3 Å². The molecule has 1 atom stereocenters. The van der Waals surface area contributed by atoms with Gasteiger partial charge in [-0.15, -0.1) is 0 Å². The number of nitrogens with zero attached hydrogens (tertiary/aromatic N) is 1. The van der Waals surface area contributed by atoms with E-state index in [1.54, 1.807) is 0 Å². The molecule has 2 rings (SSSR count). The van der Waals surface area contributed by atoms with Gasteiger partial charge in [-0.1, -0.05) is 36.8 Å². The van der Waals surface area contributed by atoms with Crippen molar-refractivity contribution < 1.29 is 4.79 Å². The summed E-state index contributed by atoms with van der Waals surface area (Å²) >= 11 is 0. The fourth-order valence-electron chi connectivity index (χ4n) is 2.38. The van der Waals surface area contributed by atoms with E-state index in [0.717, 1.165) is 13.1 Å². The highest BCUT2D eigenvalue weighted by Crippen LogP contribution is 2.19. The van der Waals surface area contributed by atoms with E-state index in [4.69, 9.17) is 0 Å². The van der Waals surface area contributed by atoms with E-state index in [0.29, 0.717) is 12.5 Å². The maximum absolute atomic E-state index is 12.3. The van der Waals surface area contributed by atoms with Gasteiger partial charge in [0.1, 0.15) is 0 Å². The van der Waals surface area contributed by atoms with Gasteiger partial charge in [0, 0.05) is 19.5 Å². The van der Waals surface area contributed by atoms with E-state index < -0.39 is 0 Å². The van der Waals surface area contributed by atoms with Crippen LogP contribution in [0.15, 0.2) is 24.3 Å². The van der Waals surface area contributed by atoms with Gasteiger partial charge in [0.25, 0.3) is 0 Å². The van der Waals surface area contributed by atoms with Crippen molar-refractivity contribution >= 4 is 5.91 Å². The van der Waals surface area contributed by atoms with E-state index >= 15 is 0 Å². The smallest absolute Gasteiger partial charge is 0.225 e. The first-order chi connectivity index (χ1) is 8.58. The van der Waals surface area contributed by atoms with Crippen molar-refractivity contribution in [3.8, 4) is 0 Å². The number of hydrogen-bond acceptors (Lipinski definition) is 2. The molecular weight excluding hydrogens is 224 g/mol. The van der Waals surface area contributed by atoms with E-state index in [2.05, 4.69) is 30.4 Å². The molecule has 18 heavy (non-hydrogen) atoms. The molecule has 1 aliphatic rings. The number of carbonyl (C=O) groups excluding carboxylic acids is 1. The van der Waals surface area contributed by atoms with Crippen LogP contribution in [-0.4, -0.2) is 30.9 Å². The standard InChI is InChI=1S/C15H22N2O/c1-11-5-4-6-13(7-11)10-17(3)15(18)12(2)14-8-16-9-14/h4-7,12,14,16H,8-10H2,1-3H3. The first-order valence-corrected chi connectivity index (χ1v) is 6.59. The highest BCUT2D eigenvalue weighted by atomic mass is 16.2. The summed E-state index contributed by atoms with van der Waals surface area (Å²) in [5, 5.41) is 3.22. The second-order valence-electron chi connectivity index (χ2n) is 5.39. The normalized spacial score (nSPS) is 17.1. The number of nitrogens with one attached hydrogen (secondary N) is 1. The minimum Gasteiger partial charge on any atom is -0.341 e. The minimum atomic E-state index is 0.126. The van der Waals surface area contributed by atoms with Crippen LogP contribution in [0.1, 0.15) is 18.1 Å². The van der Waals surface area contributed by atoms with Gasteiger partial charge in [-0.05, 0) is 31.5 Å². The molecule has 3 nitrogen and oxygen atoms in total. The Morgan fingerprint density at radius 3 is 2.78 bits per heavy atom. The van der Waals surface area contributed by atoms with Crippen molar-refractivity contribution in [2.75, 3.05) is 20.1 Å². The van der Waals surface area contributed by atoms with Crippen LogP contribution < -0.4 is 5.32 Å². The zero-order valence-electron chi connectivity index (χ0n) is 11.4. The van der Waals surface area contributed by atoms with Crippen LogP contribution in [0.5, 0.6) is 0 Å². The van der Waals surface area contributed by atoms with Gasteiger partial charge in [0.15, 0.2) is 0 Å². The molecular formula is C15H22N2O. The van der Waals surface area contributed by atoms with Gasteiger partial charge < -0.3 is 10.2 Å².